The number of carbonyl (C=O) groups excluding carboxylic acids is 1. The van der Waals surface area contributed by atoms with Gasteiger partial charge in [-0.2, -0.15) is 5.10 Å². The predicted octanol–water partition coefficient (Wildman–Crippen LogP) is 2.82. The molecule has 6 nitrogen and oxygen atoms in total. The Hall–Kier alpha value is -2.38. The first-order valence-corrected chi connectivity index (χ1v) is 10.0. The second-order valence-electron chi connectivity index (χ2n) is 7.62. The van der Waals surface area contributed by atoms with E-state index in [1.165, 1.54) is 5.56 Å². The number of nitrogens with zero attached hydrogens (tertiary/aromatic N) is 3. The van der Waals surface area contributed by atoms with Crippen molar-refractivity contribution in [3.63, 3.8) is 0 Å². The Labute approximate surface area is 195 Å². The molecular formula is C23H29Cl2N5O. The van der Waals surface area contributed by atoms with Gasteiger partial charge in [0.25, 0.3) is 0 Å². The third-order valence-electron chi connectivity index (χ3n) is 5.52. The van der Waals surface area contributed by atoms with E-state index in [9.17, 15) is 4.79 Å². The lowest BCUT2D eigenvalue weighted by Crippen LogP contribution is -2.37. The van der Waals surface area contributed by atoms with Crippen LogP contribution in [-0.4, -0.2) is 46.3 Å². The molecule has 8 heteroatoms. The number of hydrogen-bond acceptors (Lipinski definition) is 4. The molecule has 0 spiro atoms. The predicted molar refractivity (Wildman–Crippen MR) is 128 cm³/mol. The standard InChI is InChI=1S/C23H27N5O.2ClH/c24-22-16-27(15-21(22)18-7-2-1-3-8-18)17-23(29)25-13-19-9-4-5-10-20(19)14-28-12-6-11-26-28;;/h1-12,21-22H,13-17,24H2,(H,25,29);2*1H/t21-,22+;;/m0../s1. The van der Waals surface area contributed by atoms with Gasteiger partial charge in [0.2, 0.25) is 5.91 Å². The molecule has 1 aliphatic rings. The van der Waals surface area contributed by atoms with Crippen LogP contribution in [0.1, 0.15) is 22.6 Å². The summed E-state index contributed by atoms with van der Waals surface area (Å²) in [6.07, 6.45) is 3.71. The molecule has 2 atom stereocenters. The van der Waals surface area contributed by atoms with E-state index in [1.54, 1.807) is 6.20 Å². The summed E-state index contributed by atoms with van der Waals surface area (Å²) in [6, 6.07) is 20.4. The smallest absolute Gasteiger partial charge is 0.234 e. The molecule has 2 heterocycles. The zero-order valence-corrected chi connectivity index (χ0v) is 18.9. The van der Waals surface area contributed by atoms with Gasteiger partial charge in [-0.15, -0.1) is 24.8 Å². The molecule has 0 bridgehead atoms. The first kappa shape index (κ1) is 24.9. The van der Waals surface area contributed by atoms with Crippen LogP contribution in [0.2, 0.25) is 0 Å². The first-order valence-electron chi connectivity index (χ1n) is 10.0. The third-order valence-corrected chi connectivity index (χ3v) is 5.52. The van der Waals surface area contributed by atoms with E-state index in [4.69, 9.17) is 5.73 Å². The summed E-state index contributed by atoms with van der Waals surface area (Å²) in [4.78, 5) is 14.7. The highest BCUT2D eigenvalue weighted by atomic mass is 35.5. The van der Waals surface area contributed by atoms with Gasteiger partial charge in [-0.25, -0.2) is 0 Å². The Morgan fingerprint density at radius 3 is 2.42 bits per heavy atom. The summed E-state index contributed by atoms with van der Waals surface area (Å²) in [5.41, 5.74) is 9.85. The van der Waals surface area contributed by atoms with Gasteiger partial charge in [-0.05, 0) is 22.8 Å². The monoisotopic (exact) mass is 461 g/mol. The van der Waals surface area contributed by atoms with Crippen LogP contribution < -0.4 is 11.1 Å². The second-order valence-corrected chi connectivity index (χ2v) is 7.62. The van der Waals surface area contributed by atoms with Crippen molar-refractivity contribution in [3.8, 4) is 0 Å². The van der Waals surface area contributed by atoms with E-state index in [-0.39, 0.29) is 42.7 Å². The number of hydrogen-bond donors (Lipinski definition) is 2. The fourth-order valence-corrected chi connectivity index (χ4v) is 4.00. The highest BCUT2D eigenvalue weighted by molar-refractivity contribution is 5.85. The van der Waals surface area contributed by atoms with Crippen LogP contribution in [-0.2, 0) is 17.9 Å². The Morgan fingerprint density at radius 1 is 1.00 bits per heavy atom. The first-order chi connectivity index (χ1) is 14.2. The maximum absolute atomic E-state index is 12.5. The Bertz CT molecular complexity index is 936. The lowest BCUT2D eigenvalue weighted by Gasteiger charge is -2.16. The third kappa shape index (κ3) is 6.55. The van der Waals surface area contributed by atoms with E-state index < -0.39 is 0 Å². The van der Waals surface area contributed by atoms with Crippen molar-refractivity contribution in [1.82, 2.24) is 20.0 Å². The van der Waals surface area contributed by atoms with Crippen LogP contribution in [0.25, 0.3) is 0 Å². The topological polar surface area (TPSA) is 76.2 Å². The van der Waals surface area contributed by atoms with Crippen LogP contribution >= 0.6 is 24.8 Å². The number of halogens is 2. The summed E-state index contributed by atoms with van der Waals surface area (Å²) in [5, 5.41) is 7.33. The maximum Gasteiger partial charge on any atom is 0.234 e. The average Bonchev–Trinajstić information content (AvgIpc) is 3.37. The lowest BCUT2D eigenvalue weighted by molar-refractivity contribution is -0.122. The van der Waals surface area contributed by atoms with Crippen LogP contribution in [0.4, 0.5) is 0 Å². The molecule has 1 fully saturated rings. The van der Waals surface area contributed by atoms with Crippen LogP contribution in [0.15, 0.2) is 73.1 Å². The summed E-state index contributed by atoms with van der Waals surface area (Å²) in [5.74, 6) is 0.304. The minimum absolute atomic E-state index is 0. The molecule has 1 saturated heterocycles. The van der Waals surface area contributed by atoms with E-state index in [2.05, 4.69) is 39.6 Å². The van der Waals surface area contributed by atoms with Crippen molar-refractivity contribution >= 4 is 30.7 Å². The normalized spacial score (nSPS) is 18.1. The van der Waals surface area contributed by atoms with Crippen LogP contribution in [0.3, 0.4) is 0 Å². The van der Waals surface area contributed by atoms with Crippen LogP contribution in [0, 0.1) is 0 Å². The lowest BCUT2D eigenvalue weighted by atomic mass is 9.95. The molecule has 0 saturated carbocycles. The Kier molecular flexibility index (Phi) is 9.52. The molecule has 1 aliphatic heterocycles. The summed E-state index contributed by atoms with van der Waals surface area (Å²) in [6.45, 7) is 3.13. The molecule has 0 radical (unpaired) electrons. The average molecular weight is 462 g/mol. The fourth-order valence-electron chi connectivity index (χ4n) is 4.00. The molecule has 4 rings (SSSR count). The van der Waals surface area contributed by atoms with Crippen molar-refractivity contribution in [2.75, 3.05) is 19.6 Å². The fraction of sp³-hybridized carbons (Fsp3) is 0.304. The quantitative estimate of drug-likeness (QED) is 0.566. The number of rotatable bonds is 7. The second kappa shape index (κ2) is 11.9. The Morgan fingerprint density at radius 2 is 1.71 bits per heavy atom. The van der Waals surface area contributed by atoms with Gasteiger partial charge in [0.15, 0.2) is 0 Å². The minimum atomic E-state index is 0. The Balaban J connectivity index is 0.00000171. The molecule has 0 aliphatic carbocycles. The number of likely N-dealkylation sites (tertiary alicyclic amines) is 1. The summed E-state index contributed by atoms with van der Waals surface area (Å²) >= 11 is 0. The van der Waals surface area contributed by atoms with Crippen molar-refractivity contribution in [1.29, 1.82) is 0 Å². The van der Waals surface area contributed by atoms with E-state index in [1.807, 2.05) is 47.3 Å². The number of nitrogens with one attached hydrogen (secondary N) is 1. The van der Waals surface area contributed by atoms with Gasteiger partial charge in [0.1, 0.15) is 0 Å². The van der Waals surface area contributed by atoms with E-state index in [0.717, 1.165) is 24.2 Å². The van der Waals surface area contributed by atoms with Gasteiger partial charge in [0.05, 0.1) is 13.1 Å². The SMILES string of the molecule is Cl.Cl.N[C@@H]1CN(CC(=O)NCc2ccccc2Cn2cccn2)C[C@H]1c1ccccc1. The van der Waals surface area contributed by atoms with E-state index in [0.29, 0.717) is 19.6 Å². The van der Waals surface area contributed by atoms with Crippen molar-refractivity contribution in [2.24, 2.45) is 5.73 Å². The van der Waals surface area contributed by atoms with Crippen molar-refractivity contribution in [3.05, 3.63) is 89.7 Å². The van der Waals surface area contributed by atoms with E-state index >= 15 is 0 Å². The molecule has 2 aromatic carbocycles. The molecule has 1 amide bonds. The van der Waals surface area contributed by atoms with Gasteiger partial charge in [0, 0.05) is 44.0 Å². The largest absolute Gasteiger partial charge is 0.351 e. The number of aromatic nitrogens is 2. The van der Waals surface area contributed by atoms with Gasteiger partial charge < -0.3 is 11.1 Å². The minimum Gasteiger partial charge on any atom is -0.351 e. The van der Waals surface area contributed by atoms with Gasteiger partial charge in [-0.1, -0.05) is 54.6 Å². The highest BCUT2D eigenvalue weighted by Gasteiger charge is 2.31. The van der Waals surface area contributed by atoms with Gasteiger partial charge in [-0.3, -0.25) is 14.4 Å². The summed E-state index contributed by atoms with van der Waals surface area (Å²) in [7, 11) is 0. The van der Waals surface area contributed by atoms with Crippen LogP contribution in [0.5, 0.6) is 0 Å². The molecule has 31 heavy (non-hydrogen) atoms. The number of benzene rings is 2. The number of carbonyl (C=O) groups is 1. The van der Waals surface area contributed by atoms with Gasteiger partial charge >= 0.3 is 0 Å². The molecular weight excluding hydrogens is 433 g/mol. The molecule has 3 N–H and O–H groups in total. The number of nitrogens with two attached hydrogens (primary N) is 1. The van der Waals surface area contributed by atoms with Crippen molar-refractivity contribution < 1.29 is 4.79 Å². The molecule has 166 valence electrons. The zero-order valence-electron chi connectivity index (χ0n) is 17.3. The summed E-state index contributed by atoms with van der Waals surface area (Å²) < 4.78 is 1.88. The number of amides is 1. The molecule has 3 aromatic rings. The molecule has 1 aromatic heterocycles. The molecule has 0 unspecified atom stereocenters. The maximum atomic E-state index is 12.5. The zero-order chi connectivity index (χ0) is 20.1. The highest BCUT2D eigenvalue weighted by Crippen LogP contribution is 2.25. The van der Waals surface area contributed by atoms with Crippen molar-refractivity contribution in [2.45, 2.75) is 25.0 Å².